The number of anilines is 1. The molecule has 4 rings (SSSR count). The molecule has 128 valence electrons. The van der Waals surface area contributed by atoms with Crippen molar-refractivity contribution in [2.24, 2.45) is 5.92 Å². The summed E-state index contributed by atoms with van der Waals surface area (Å²) in [6, 6.07) is 7.75. The van der Waals surface area contributed by atoms with Crippen LogP contribution in [0.15, 0.2) is 36.8 Å². The van der Waals surface area contributed by atoms with Crippen LogP contribution < -0.4 is 9.64 Å². The quantitative estimate of drug-likeness (QED) is 0.724. The maximum absolute atomic E-state index is 5.78. The van der Waals surface area contributed by atoms with E-state index in [2.05, 4.69) is 30.0 Å². The predicted molar refractivity (Wildman–Crippen MR) is 94.5 cm³/mol. The van der Waals surface area contributed by atoms with E-state index in [4.69, 9.17) is 4.74 Å². The van der Waals surface area contributed by atoms with E-state index < -0.39 is 0 Å². The van der Waals surface area contributed by atoms with Crippen LogP contribution in [-0.4, -0.2) is 44.8 Å². The molecular weight excluding hydrogens is 316 g/mol. The van der Waals surface area contributed by atoms with Crippen molar-refractivity contribution in [2.75, 3.05) is 24.6 Å². The standard InChI is InChI=1S/C18H20N6O/c1-13-4-5-16(23-22-13)25-11-14-6-9-24(10-7-14)18-15-3-2-8-19-17(15)20-12-21-18/h2-5,8,12,14H,6-7,9-11H2,1H3. The minimum absolute atomic E-state index is 0.519. The van der Waals surface area contributed by atoms with Gasteiger partial charge in [-0.25, -0.2) is 15.0 Å². The summed E-state index contributed by atoms with van der Waals surface area (Å²) in [6.45, 7) is 4.50. The SMILES string of the molecule is Cc1ccc(OCC2CCN(c3ncnc4ncccc34)CC2)nn1. The van der Waals surface area contributed by atoms with Crippen molar-refractivity contribution in [3.05, 3.63) is 42.5 Å². The summed E-state index contributed by atoms with van der Waals surface area (Å²) in [5, 5.41) is 9.08. The van der Waals surface area contributed by atoms with Crippen LogP contribution in [0.25, 0.3) is 11.0 Å². The lowest BCUT2D eigenvalue weighted by Crippen LogP contribution is -2.36. The van der Waals surface area contributed by atoms with Gasteiger partial charge in [-0.1, -0.05) is 0 Å². The van der Waals surface area contributed by atoms with E-state index in [1.165, 1.54) is 0 Å². The van der Waals surface area contributed by atoms with E-state index in [0.717, 1.165) is 48.5 Å². The van der Waals surface area contributed by atoms with Crippen molar-refractivity contribution >= 4 is 16.9 Å². The van der Waals surface area contributed by atoms with Crippen LogP contribution in [0.1, 0.15) is 18.5 Å². The average molecular weight is 336 g/mol. The number of piperidine rings is 1. The molecule has 0 spiro atoms. The Hall–Kier alpha value is -2.83. The molecule has 0 saturated carbocycles. The normalized spacial score (nSPS) is 15.5. The number of rotatable bonds is 4. The third-order valence-corrected chi connectivity index (χ3v) is 4.54. The molecule has 0 unspecified atom stereocenters. The Morgan fingerprint density at radius 2 is 1.96 bits per heavy atom. The van der Waals surface area contributed by atoms with Crippen LogP contribution in [0.4, 0.5) is 5.82 Å². The number of aryl methyl sites for hydroxylation is 1. The number of aromatic nitrogens is 5. The van der Waals surface area contributed by atoms with Crippen molar-refractivity contribution in [3.63, 3.8) is 0 Å². The van der Waals surface area contributed by atoms with E-state index in [1.807, 2.05) is 31.2 Å². The molecule has 0 aromatic carbocycles. The summed E-state index contributed by atoms with van der Waals surface area (Å²) in [5.41, 5.74) is 1.64. The molecule has 0 N–H and O–H groups in total. The molecule has 1 saturated heterocycles. The summed E-state index contributed by atoms with van der Waals surface area (Å²) in [4.78, 5) is 15.3. The second kappa shape index (κ2) is 6.96. The van der Waals surface area contributed by atoms with Crippen molar-refractivity contribution < 1.29 is 4.74 Å². The number of pyridine rings is 1. The molecule has 7 heteroatoms. The van der Waals surface area contributed by atoms with Crippen LogP contribution >= 0.6 is 0 Å². The van der Waals surface area contributed by atoms with Gasteiger partial charge in [-0.2, -0.15) is 5.10 Å². The molecule has 4 heterocycles. The summed E-state index contributed by atoms with van der Waals surface area (Å²) in [6.07, 6.45) is 5.47. The molecule has 25 heavy (non-hydrogen) atoms. The predicted octanol–water partition coefficient (Wildman–Crippen LogP) is 2.42. The summed E-state index contributed by atoms with van der Waals surface area (Å²) in [7, 11) is 0. The number of hydrogen-bond acceptors (Lipinski definition) is 7. The number of nitrogens with zero attached hydrogens (tertiary/aromatic N) is 6. The number of ether oxygens (including phenoxy) is 1. The highest BCUT2D eigenvalue weighted by molar-refractivity contribution is 5.86. The van der Waals surface area contributed by atoms with Crippen molar-refractivity contribution in [1.82, 2.24) is 25.1 Å². The summed E-state index contributed by atoms with van der Waals surface area (Å²) >= 11 is 0. The molecule has 0 atom stereocenters. The zero-order chi connectivity index (χ0) is 17.1. The first-order valence-corrected chi connectivity index (χ1v) is 8.53. The van der Waals surface area contributed by atoms with Gasteiger partial charge in [-0.05, 0) is 43.9 Å². The fourth-order valence-electron chi connectivity index (χ4n) is 3.11. The van der Waals surface area contributed by atoms with Gasteiger partial charge < -0.3 is 9.64 Å². The second-order valence-electron chi connectivity index (χ2n) is 6.33. The molecule has 1 fully saturated rings. The van der Waals surface area contributed by atoms with Crippen LogP contribution in [0, 0.1) is 12.8 Å². The van der Waals surface area contributed by atoms with E-state index in [-0.39, 0.29) is 0 Å². The van der Waals surface area contributed by atoms with Gasteiger partial charge in [0.05, 0.1) is 17.7 Å². The van der Waals surface area contributed by atoms with Gasteiger partial charge in [0.25, 0.3) is 0 Å². The van der Waals surface area contributed by atoms with Crippen LogP contribution in [0.2, 0.25) is 0 Å². The first-order valence-electron chi connectivity index (χ1n) is 8.53. The van der Waals surface area contributed by atoms with Gasteiger partial charge in [0.2, 0.25) is 5.88 Å². The molecule has 3 aromatic heterocycles. The Morgan fingerprint density at radius 3 is 2.76 bits per heavy atom. The van der Waals surface area contributed by atoms with E-state index in [0.29, 0.717) is 18.4 Å². The molecule has 0 amide bonds. The van der Waals surface area contributed by atoms with Gasteiger partial charge in [0, 0.05) is 25.4 Å². The summed E-state index contributed by atoms with van der Waals surface area (Å²) < 4.78 is 5.78. The molecule has 0 bridgehead atoms. The maximum Gasteiger partial charge on any atom is 0.233 e. The van der Waals surface area contributed by atoms with Gasteiger partial charge in [0.15, 0.2) is 5.65 Å². The minimum Gasteiger partial charge on any atom is -0.476 e. The Balaban J connectivity index is 1.37. The van der Waals surface area contributed by atoms with Crippen LogP contribution in [0.3, 0.4) is 0 Å². The smallest absolute Gasteiger partial charge is 0.233 e. The molecule has 3 aromatic rings. The van der Waals surface area contributed by atoms with Crippen molar-refractivity contribution in [1.29, 1.82) is 0 Å². The third kappa shape index (κ3) is 3.50. The van der Waals surface area contributed by atoms with Crippen LogP contribution in [-0.2, 0) is 0 Å². The van der Waals surface area contributed by atoms with Crippen LogP contribution in [0.5, 0.6) is 5.88 Å². The number of hydrogen-bond donors (Lipinski definition) is 0. The Kier molecular flexibility index (Phi) is 4.37. The highest BCUT2D eigenvalue weighted by Crippen LogP contribution is 2.26. The zero-order valence-electron chi connectivity index (χ0n) is 14.2. The minimum atomic E-state index is 0.519. The third-order valence-electron chi connectivity index (χ3n) is 4.54. The van der Waals surface area contributed by atoms with Gasteiger partial charge >= 0.3 is 0 Å². The van der Waals surface area contributed by atoms with Crippen molar-refractivity contribution in [3.8, 4) is 5.88 Å². The second-order valence-corrected chi connectivity index (χ2v) is 6.33. The fraction of sp³-hybridized carbons (Fsp3) is 0.389. The molecule has 0 aliphatic carbocycles. The maximum atomic E-state index is 5.78. The first-order chi connectivity index (χ1) is 12.3. The zero-order valence-corrected chi connectivity index (χ0v) is 14.2. The fourth-order valence-corrected chi connectivity index (χ4v) is 3.11. The monoisotopic (exact) mass is 336 g/mol. The lowest BCUT2D eigenvalue weighted by molar-refractivity contribution is 0.214. The van der Waals surface area contributed by atoms with E-state index >= 15 is 0 Å². The van der Waals surface area contributed by atoms with Gasteiger partial charge in [-0.3, -0.25) is 0 Å². The van der Waals surface area contributed by atoms with E-state index in [9.17, 15) is 0 Å². The number of fused-ring (bicyclic) bond motifs is 1. The molecule has 0 radical (unpaired) electrons. The average Bonchev–Trinajstić information content (AvgIpc) is 2.68. The topological polar surface area (TPSA) is 76.9 Å². The Bertz CT molecular complexity index is 840. The lowest BCUT2D eigenvalue weighted by atomic mass is 9.97. The van der Waals surface area contributed by atoms with Gasteiger partial charge in [0.1, 0.15) is 12.1 Å². The molecule has 1 aliphatic heterocycles. The highest BCUT2D eigenvalue weighted by atomic mass is 16.5. The first kappa shape index (κ1) is 15.7. The lowest BCUT2D eigenvalue weighted by Gasteiger charge is -2.32. The largest absolute Gasteiger partial charge is 0.476 e. The van der Waals surface area contributed by atoms with Crippen molar-refractivity contribution in [2.45, 2.75) is 19.8 Å². The highest BCUT2D eigenvalue weighted by Gasteiger charge is 2.22. The Labute approximate surface area is 146 Å². The van der Waals surface area contributed by atoms with E-state index in [1.54, 1.807) is 12.5 Å². The Morgan fingerprint density at radius 1 is 1.08 bits per heavy atom. The molecule has 1 aliphatic rings. The summed E-state index contributed by atoms with van der Waals surface area (Å²) in [5.74, 6) is 2.09. The molecule has 7 nitrogen and oxygen atoms in total. The molecular formula is C18H20N6O. The van der Waals surface area contributed by atoms with Gasteiger partial charge in [-0.15, -0.1) is 5.10 Å².